The zero-order chi connectivity index (χ0) is 14.9. The summed E-state index contributed by atoms with van der Waals surface area (Å²) in [7, 11) is 0. The molecular formula is C14H14FNO3S. The number of benzene rings is 1. The van der Waals surface area contributed by atoms with Crippen molar-refractivity contribution in [2.75, 3.05) is 0 Å². The van der Waals surface area contributed by atoms with Crippen molar-refractivity contribution in [3.63, 3.8) is 0 Å². The van der Waals surface area contributed by atoms with Crippen LogP contribution < -0.4 is 5.32 Å². The smallest absolute Gasteiger partial charge is 0.326 e. The molecule has 0 bridgehead atoms. The average Bonchev–Trinajstić information content (AvgIpc) is 2.74. The van der Waals surface area contributed by atoms with Gasteiger partial charge >= 0.3 is 5.97 Å². The van der Waals surface area contributed by atoms with Crippen LogP contribution in [0.2, 0.25) is 0 Å². The van der Waals surface area contributed by atoms with Gasteiger partial charge in [-0.25, -0.2) is 9.18 Å². The van der Waals surface area contributed by atoms with Gasteiger partial charge in [0.25, 0.3) is 5.91 Å². The fourth-order valence-electron chi connectivity index (χ4n) is 2.03. The van der Waals surface area contributed by atoms with E-state index in [-0.39, 0.29) is 5.82 Å². The molecule has 1 heterocycles. The summed E-state index contributed by atoms with van der Waals surface area (Å²) >= 11 is 1.17. The molecule has 0 aliphatic rings. The highest BCUT2D eigenvalue weighted by atomic mass is 32.1. The molecule has 0 radical (unpaired) electrons. The average molecular weight is 295 g/mol. The summed E-state index contributed by atoms with van der Waals surface area (Å²) in [5, 5.41) is 11.8. The Labute approximate surface area is 119 Å². The second kappa shape index (κ2) is 5.58. The van der Waals surface area contributed by atoms with Crippen molar-refractivity contribution < 1.29 is 19.1 Å². The fraction of sp³-hybridized carbons (Fsp3) is 0.286. The van der Waals surface area contributed by atoms with Crippen LogP contribution in [0.4, 0.5) is 4.39 Å². The molecule has 0 fully saturated rings. The van der Waals surface area contributed by atoms with Gasteiger partial charge < -0.3 is 10.4 Å². The molecule has 6 heteroatoms. The monoisotopic (exact) mass is 295 g/mol. The lowest BCUT2D eigenvalue weighted by molar-refractivity contribution is -0.139. The first-order valence-electron chi connectivity index (χ1n) is 6.17. The molecule has 1 aromatic carbocycles. The summed E-state index contributed by atoms with van der Waals surface area (Å²) in [6.07, 6.45) is 0.291. The SMILES string of the molecule is CC[C@@H](NC(=O)c1sc2cccc(F)c2c1C)C(=O)O. The maximum Gasteiger partial charge on any atom is 0.326 e. The number of rotatable bonds is 4. The number of aliphatic carboxylic acids is 1. The Kier molecular flexibility index (Phi) is 4.04. The lowest BCUT2D eigenvalue weighted by Crippen LogP contribution is -2.40. The van der Waals surface area contributed by atoms with Crippen molar-refractivity contribution in [1.82, 2.24) is 5.32 Å². The highest BCUT2D eigenvalue weighted by molar-refractivity contribution is 7.21. The Balaban J connectivity index is 2.38. The van der Waals surface area contributed by atoms with Gasteiger partial charge in [-0.3, -0.25) is 4.79 Å². The van der Waals surface area contributed by atoms with E-state index in [1.807, 2.05) is 0 Å². The Morgan fingerprint density at radius 3 is 2.70 bits per heavy atom. The maximum atomic E-state index is 13.8. The molecule has 2 N–H and O–H groups in total. The minimum atomic E-state index is -1.08. The van der Waals surface area contributed by atoms with Crippen molar-refractivity contribution in [2.24, 2.45) is 0 Å². The molecule has 106 valence electrons. The van der Waals surface area contributed by atoms with Crippen LogP contribution in [0.1, 0.15) is 28.6 Å². The second-order valence-electron chi connectivity index (χ2n) is 4.44. The molecule has 1 amide bonds. The Morgan fingerprint density at radius 2 is 2.15 bits per heavy atom. The molecular weight excluding hydrogens is 281 g/mol. The molecule has 1 aromatic heterocycles. The van der Waals surface area contributed by atoms with Crippen LogP contribution in [0, 0.1) is 12.7 Å². The van der Waals surface area contributed by atoms with Crippen LogP contribution in [-0.4, -0.2) is 23.0 Å². The predicted octanol–water partition coefficient (Wildman–Crippen LogP) is 2.94. The van der Waals surface area contributed by atoms with Gasteiger partial charge in [0, 0.05) is 10.1 Å². The number of thiophene rings is 1. The number of carboxylic acid groups (broad SMARTS) is 1. The first-order valence-corrected chi connectivity index (χ1v) is 6.98. The summed E-state index contributed by atoms with van der Waals surface area (Å²) in [6, 6.07) is 3.73. The van der Waals surface area contributed by atoms with Crippen molar-refractivity contribution in [1.29, 1.82) is 0 Å². The molecule has 0 aliphatic carbocycles. The van der Waals surface area contributed by atoms with Gasteiger partial charge in [-0.15, -0.1) is 11.3 Å². The molecule has 2 rings (SSSR count). The summed E-state index contributed by atoms with van der Waals surface area (Å²) in [6.45, 7) is 3.34. The maximum absolute atomic E-state index is 13.8. The van der Waals surface area contributed by atoms with Crippen LogP contribution in [0.3, 0.4) is 0 Å². The summed E-state index contributed by atoms with van der Waals surface area (Å²) in [5.74, 6) is -1.93. The number of fused-ring (bicyclic) bond motifs is 1. The highest BCUT2D eigenvalue weighted by Gasteiger charge is 2.22. The van der Waals surface area contributed by atoms with E-state index in [0.717, 1.165) is 0 Å². The number of carboxylic acids is 1. The second-order valence-corrected chi connectivity index (χ2v) is 5.49. The number of carbonyl (C=O) groups excluding carboxylic acids is 1. The molecule has 0 saturated heterocycles. The molecule has 2 aromatic rings. The predicted molar refractivity (Wildman–Crippen MR) is 75.7 cm³/mol. The molecule has 20 heavy (non-hydrogen) atoms. The van der Waals surface area contributed by atoms with Gasteiger partial charge in [0.1, 0.15) is 11.9 Å². The number of amides is 1. The third-order valence-corrected chi connectivity index (χ3v) is 4.38. The highest BCUT2D eigenvalue weighted by Crippen LogP contribution is 2.32. The first-order chi connectivity index (χ1) is 9.45. The van der Waals surface area contributed by atoms with Crippen molar-refractivity contribution in [3.05, 3.63) is 34.5 Å². The summed E-state index contributed by atoms with van der Waals surface area (Å²) in [5.41, 5.74) is 0.542. The molecule has 4 nitrogen and oxygen atoms in total. The Morgan fingerprint density at radius 1 is 1.45 bits per heavy atom. The largest absolute Gasteiger partial charge is 0.480 e. The van der Waals surface area contributed by atoms with Crippen LogP contribution in [0.5, 0.6) is 0 Å². The number of halogens is 1. The lowest BCUT2D eigenvalue weighted by Gasteiger charge is -2.11. The first kappa shape index (κ1) is 14.5. The van der Waals surface area contributed by atoms with E-state index in [1.54, 1.807) is 26.0 Å². The van der Waals surface area contributed by atoms with Gasteiger partial charge in [-0.2, -0.15) is 0 Å². The molecule has 0 spiro atoms. The topological polar surface area (TPSA) is 66.4 Å². The van der Waals surface area contributed by atoms with E-state index in [0.29, 0.717) is 26.9 Å². The standard InChI is InChI=1S/C14H14FNO3S/c1-3-9(14(18)19)16-13(17)12-7(2)11-8(15)5-4-6-10(11)20-12/h4-6,9H,3H2,1-2H3,(H,16,17)(H,18,19)/t9-/m1/s1. The minimum absolute atomic E-state index is 0.291. The van der Waals surface area contributed by atoms with Crippen molar-refractivity contribution in [2.45, 2.75) is 26.3 Å². The van der Waals surface area contributed by atoms with E-state index >= 15 is 0 Å². The van der Waals surface area contributed by atoms with Gasteiger partial charge in [0.2, 0.25) is 0 Å². The molecule has 0 unspecified atom stereocenters. The number of hydrogen-bond donors (Lipinski definition) is 2. The van der Waals surface area contributed by atoms with Gasteiger partial charge in [0.05, 0.1) is 4.88 Å². The number of nitrogens with one attached hydrogen (secondary N) is 1. The van der Waals surface area contributed by atoms with Crippen molar-refractivity contribution in [3.8, 4) is 0 Å². The van der Waals surface area contributed by atoms with E-state index in [4.69, 9.17) is 5.11 Å². The third-order valence-electron chi connectivity index (χ3n) is 3.12. The number of hydrogen-bond acceptors (Lipinski definition) is 3. The van der Waals surface area contributed by atoms with Crippen LogP contribution >= 0.6 is 11.3 Å². The summed E-state index contributed by atoms with van der Waals surface area (Å²) < 4.78 is 14.4. The van der Waals surface area contributed by atoms with E-state index < -0.39 is 17.9 Å². The van der Waals surface area contributed by atoms with Crippen LogP contribution in [0.25, 0.3) is 10.1 Å². The quantitative estimate of drug-likeness (QED) is 0.911. The third kappa shape index (κ3) is 2.51. The van der Waals surface area contributed by atoms with Crippen molar-refractivity contribution >= 4 is 33.3 Å². The molecule has 0 aliphatic heterocycles. The molecule has 0 saturated carbocycles. The Bertz CT molecular complexity index is 680. The van der Waals surface area contributed by atoms with Gasteiger partial charge in [-0.1, -0.05) is 13.0 Å². The van der Waals surface area contributed by atoms with Crippen LogP contribution in [-0.2, 0) is 4.79 Å². The lowest BCUT2D eigenvalue weighted by atomic mass is 10.1. The Hall–Kier alpha value is -1.95. The fourth-order valence-corrected chi connectivity index (χ4v) is 3.16. The van der Waals surface area contributed by atoms with E-state index in [1.165, 1.54) is 17.4 Å². The number of carbonyl (C=O) groups is 2. The number of aryl methyl sites for hydroxylation is 1. The normalized spacial score (nSPS) is 12.3. The van der Waals surface area contributed by atoms with E-state index in [2.05, 4.69) is 5.32 Å². The van der Waals surface area contributed by atoms with Crippen LogP contribution in [0.15, 0.2) is 18.2 Å². The zero-order valence-corrected chi connectivity index (χ0v) is 11.9. The van der Waals surface area contributed by atoms with Gasteiger partial charge in [0.15, 0.2) is 0 Å². The summed E-state index contributed by atoms with van der Waals surface area (Å²) in [4.78, 5) is 23.4. The molecule has 1 atom stereocenters. The van der Waals surface area contributed by atoms with Gasteiger partial charge in [-0.05, 0) is 31.0 Å². The van der Waals surface area contributed by atoms with E-state index in [9.17, 15) is 14.0 Å². The zero-order valence-electron chi connectivity index (χ0n) is 11.1. The minimum Gasteiger partial charge on any atom is -0.480 e.